The van der Waals surface area contributed by atoms with Crippen molar-refractivity contribution >= 4 is 28.7 Å². The largest absolute Gasteiger partial charge is 0.457 e. The third-order valence-electron chi connectivity index (χ3n) is 9.32. The molecule has 0 radical (unpaired) electrons. The van der Waals surface area contributed by atoms with Crippen LogP contribution in [0.3, 0.4) is 0 Å². The molecule has 2 saturated heterocycles. The number of anilines is 1. The Bertz CT molecular complexity index is 1950. The summed E-state index contributed by atoms with van der Waals surface area (Å²) in [4.78, 5) is 49.8. The number of aromatic nitrogens is 3. The molecule has 2 aliphatic heterocycles. The normalized spacial score (nSPS) is 17.7. The Morgan fingerprint density at radius 2 is 1.67 bits per heavy atom. The summed E-state index contributed by atoms with van der Waals surface area (Å²) >= 11 is 0. The first-order valence-corrected chi connectivity index (χ1v) is 16.2. The maximum atomic E-state index is 14.2. The number of piperazine rings is 1. The highest BCUT2D eigenvalue weighted by atomic mass is 16.5. The molecule has 2 amide bonds. The number of nitrogens with two attached hydrogens (primary N) is 1. The van der Waals surface area contributed by atoms with E-state index in [1.165, 1.54) is 0 Å². The number of pyridine rings is 1. The molecule has 4 heterocycles. The molecule has 0 saturated carbocycles. The van der Waals surface area contributed by atoms with Crippen molar-refractivity contribution in [3.63, 3.8) is 0 Å². The average Bonchev–Trinajstić information content (AvgIpc) is 3.40. The Balaban J connectivity index is 1.26. The lowest BCUT2D eigenvalue weighted by molar-refractivity contribution is -0.131. The van der Waals surface area contributed by atoms with Crippen LogP contribution in [0, 0.1) is 11.3 Å². The van der Waals surface area contributed by atoms with Crippen LogP contribution in [0.5, 0.6) is 11.5 Å². The summed E-state index contributed by atoms with van der Waals surface area (Å²) in [5.41, 5.74) is 7.30. The number of fused-ring (bicyclic) bond motifs is 1. The number of para-hydroxylation sites is 1. The molecule has 12 heteroatoms. The van der Waals surface area contributed by atoms with E-state index in [2.05, 4.69) is 16.0 Å². The predicted molar refractivity (Wildman–Crippen MR) is 183 cm³/mol. The highest BCUT2D eigenvalue weighted by Gasteiger charge is 2.34. The second kappa shape index (κ2) is 13.4. The molecule has 2 aromatic heterocycles. The summed E-state index contributed by atoms with van der Waals surface area (Å²) in [6.07, 6.45) is 4.65. The molecule has 2 aliphatic rings. The van der Waals surface area contributed by atoms with Crippen molar-refractivity contribution < 1.29 is 14.3 Å². The van der Waals surface area contributed by atoms with Crippen molar-refractivity contribution in [1.82, 2.24) is 28.8 Å². The molecule has 4 aromatic rings. The maximum Gasteiger partial charge on any atom is 0.334 e. The Morgan fingerprint density at radius 3 is 2.33 bits per heavy atom. The van der Waals surface area contributed by atoms with Crippen LogP contribution in [0.25, 0.3) is 16.7 Å². The van der Waals surface area contributed by atoms with Crippen LogP contribution in [0.4, 0.5) is 5.82 Å². The summed E-state index contributed by atoms with van der Waals surface area (Å²) in [6, 6.07) is 20.2. The Morgan fingerprint density at radius 1 is 0.979 bits per heavy atom. The van der Waals surface area contributed by atoms with Gasteiger partial charge in [-0.05, 0) is 75.2 Å². The van der Waals surface area contributed by atoms with E-state index in [-0.39, 0.29) is 41.5 Å². The van der Waals surface area contributed by atoms with Crippen molar-refractivity contribution in [3.05, 3.63) is 89.0 Å². The number of imidazole rings is 1. The molecule has 2 fully saturated rings. The minimum Gasteiger partial charge on any atom is -0.457 e. The van der Waals surface area contributed by atoms with E-state index in [9.17, 15) is 19.6 Å². The lowest BCUT2D eigenvalue weighted by Crippen LogP contribution is -2.55. The Kier molecular flexibility index (Phi) is 9.06. The average molecular weight is 649 g/mol. The smallest absolute Gasteiger partial charge is 0.334 e. The van der Waals surface area contributed by atoms with Crippen molar-refractivity contribution in [2.24, 2.45) is 0 Å². The zero-order chi connectivity index (χ0) is 34.0. The van der Waals surface area contributed by atoms with Crippen LogP contribution >= 0.6 is 0 Å². The van der Waals surface area contributed by atoms with E-state index in [4.69, 9.17) is 10.5 Å². The number of likely N-dealkylation sites (tertiary alicyclic amines) is 1. The van der Waals surface area contributed by atoms with Gasteiger partial charge in [0.15, 0.2) is 0 Å². The van der Waals surface area contributed by atoms with Crippen LogP contribution in [0.2, 0.25) is 0 Å². The molecule has 1 unspecified atom stereocenters. The van der Waals surface area contributed by atoms with Gasteiger partial charge in [-0.1, -0.05) is 18.2 Å². The Hall–Kier alpha value is -5.41. The predicted octanol–water partition coefficient (Wildman–Crippen LogP) is 4.12. The molecule has 12 nitrogen and oxygen atoms in total. The minimum absolute atomic E-state index is 0.0445. The first-order chi connectivity index (χ1) is 23.1. The van der Waals surface area contributed by atoms with Gasteiger partial charge in [-0.15, -0.1) is 0 Å². The number of nitriles is 1. The van der Waals surface area contributed by atoms with Crippen LogP contribution in [-0.2, 0) is 9.59 Å². The van der Waals surface area contributed by atoms with Crippen LogP contribution < -0.4 is 16.2 Å². The second-order valence-corrected chi connectivity index (χ2v) is 12.8. The van der Waals surface area contributed by atoms with Gasteiger partial charge in [0.05, 0.1) is 17.2 Å². The van der Waals surface area contributed by atoms with Gasteiger partial charge in [-0.2, -0.15) is 5.26 Å². The lowest BCUT2D eigenvalue weighted by Gasteiger charge is -2.42. The first-order valence-electron chi connectivity index (χ1n) is 16.2. The van der Waals surface area contributed by atoms with E-state index >= 15 is 0 Å². The standard InChI is InChI=1S/C36H40N8O4/c1-25(45)40-18-20-42(21-19-40)36(2,3)22-26(23-37)34(46)41-17-7-8-28(24-41)43-31-15-16-39-33(38)32(31)44(35(43)47)27-11-13-30(14-12-27)48-29-9-5-4-6-10-29/h4-6,9-16,22,28H,7-8,17-21,24H2,1-3H3,(H2,38,39). The zero-order valence-corrected chi connectivity index (χ0v) is 27.5. The molecule has 0 aliphatic carbocycles. The number of benzene rings is 2. The highest BCUT2D eigenvalue weighted by molar-refractivity contribution is 5.97. The molecule has 0 bridgehead atoms. The second-order valence-electron chi connectivity index (χ2n) is 12.8. The molecule has 2 N–H and O–H groups in total. The molecular weight excluding hydrogens is 608 g/mol. The zero-order valence-electron chi connectivity index (χ0n) is 27.5. The number of carbonyl (C=O) groups excluding carboxylic acids is 2. The number of hydrogen-bond donors (Lipinski definition) is 1. The molecule has 0 spiro atoms. The van der Waals surface area contributed by atoms with E-state index in [1.54, 1.807) is 68.5 Å². The summed E-state index contributed by atoms with van der Waals surface area (Å²) in [7, 11) is 0. The molecule has 1 atom stereocenters. The summed E-state index contributed by atoms with van der Waals surface area (Å²) in [5.74, 6) is 1.23. The van der Waals surface area contributed by atoms with Gasteiger partial charge >= 0.3 is 5.69 Å². The van der Waals surface area contributed by atoms with Crippen molar-refractivity contribution in [3.8, 4) is 23.3 Å². The number of rotatable bonds is 7. The number of ether oxygens (including phenoxy) is 1. The number of nitrogen functional groups attached to an aromatic ring is 1. The van der Waals surface area contributed by atoms with Crippen molar-refractivity contribution in [1.29, 1.82) is 5.26 Å². The van der Waals surface area contributed by atoms with Crippen LogP contribution in [-0.4, -0.2) is 85.4 Å². The summed E-state index contributed by atoms with van der Waals surface area (Å²) in [5, 5.41) is 10.1. The van der Waals surface area contributed by atoms with E-state index < -0.39 is 5.54 Å². The van der Waals surface area contributed by atoms with E-state index in [0.717, 1.165) is 0 Å². The number of nitrogens with zero attached hydrogens (tertiary/aromatic N) is 7. The third kappa shape index (κ3) is 6.41. The quantitative estimate of drug-likeness (QED) is 0.233. The number of amides is 2. The molecule has 248 valence electrons. The minimum atomic E-state index is -0.574. The topological polar surface area (TPSA) is 143 Å². The fourth-order valence-corrected chi connectivity index (χ4v) is 6.77. The van der Waals surface area contributed by atoms with E-state index in [1.807, 2.05) is 44.2 Å². The van der Waals surface area contributed by atoms with Gasteiger partial charge in [-0.25, -0.2) is 9.78 Å². The summed E-state index contributed by atoms with van der Waals surface area (Å²) < 4.78 is 9.20. The van der Waals surface area contributed by atoms with E-state index in [0.29, 0.717) is 73.8 Å². The van der Waals surface area contributed by atoms with Gasteiger partial charge in [-0.3, -0.25) is 23.6 Å². The fourth-order valence-electron chi connectivity index (χ4n) is 6.77. The monoisotopic (exact) mass is 648 g/mol. The summed E-state index contributed by atoms with van der Waals surface area (Å²) in [6.45, 7) is 8.77. The van der Waals surface area contributed by atoms with Gasteiger partial charge in [0.1, 0.15) is 34.5 Å². The Labute approximate surface area is 279 Å². The molecule has 48 heavy (non-hydrogen) atoms. The first kappa shape index (κ1) is 32.5. The highest BCUT2D eigenvalue weighted by Crippen LogP contribution is 2.30. The number of hydrogen-bond acceptors (Lipinski definition) is 8. The van der Waals surface area contributed by atoms with Crippen molar-refractivity contribution in [2.75, 3.05) is 45.0 Å². The number of carbonyl (C=O) groups is 2. The maximum absolute atomic E-state index is 14.2. The van der Waals surface area contributed by atoms with Gasteiger partial charge < -0.3 is 20.3 Å². The molecule has 6 rings (SSSR count). The lowest BCUT2D eigenvalue weighted by atomic mass is 9.96. The van der Waals surface area contributed by atoms with Gasteiger partial charge in [0, 0.05) is 57.9 Å². The fraction of sp³-hybridized carbons (Fsp3) is 0.361. The SMILES string of the molecule is CC(=O)N1CCN(C(C)(C)C=C(C#N)C(=O)N2CCCC(n3c(=O)n(-c4ccc(Oc5ccccc5)cc4)c4c(N)nccc43)C2)CC1. The molecular formula is C36H40N8O4. The van der Waals surface area contributed by atoms with Crippen molar-refractivity contribution in [2.45, 2.75) is 45.2 Å². The molecule has 2 aromatic carbocycles. The van der Waals surface area contributed by atoms with Gasteiger partial charge in [0.2, 0.25) is 5.91 Å². The third-order valence-corrected chi connectivity index (χ3v) is 9.32. The number of piperidine rings is 1. The van der Waals surface area contributed by atoms with Gasteiger partial charge in [0.25, 0.3) is 5.91 Å². The van der Waals surface area contributed by atoms with Crippen LogP contribution in [0.15, 0.2) is 83.3 Å². The van der Waals surface area contributed by atoms with Crippen LogP contribution in [0.1, 0.15) is 39.7 Å².